The third-order valence-electron chi connectivity index (χ3n) is 3.71. The Hall–Kier alpha value is -2.51. The molecule has 0 spiro atoms. The number of nitrogens with zero attached hydrogens (tertiary/aromatic N) is 2. The first kappa shape index (κ1) is 19.3. The van der Waals surface area contributed by atoms with Gasteiger partial charge in [-0.2, -0.15) is 18.3 Å². The molecule has 1 heterocycles. The Labute approximate surface area is 162 Å². The smallest absolute Gasteiger partial charge is 0.306 e. The molecule has 0 saturated heterocycles. The van der Waals surface area contributed by atoms with Gasteiger partial charge >= 0.3 is 6.18 Å². The minimum absolute atomic E-state index is 0.0511. The van der Waals surface area contributed by atoms with Gasteiger partial charge in [0.25, 0.3) is 5.91 Å². The maximum absolute atomic E-state index is 13.3. The number of aromatic nitrogens is 2. The zero-order valence-electron chi connectivity index (χ0n) is 13.8. The molecule has 4 nitrogen and oxygen atoms in total. The van der Waals surface area contributed by atoms with Crippen LogP contribution < -0.4 is 5.32 Å². The molecule has 0 unspecified atom stereocenters. The number of anilines is 1. The van der Waals surface area contributed by atoms with Gasteiger partial charge in [0.1, 0.15) is 5.82 Å². The number of amides is 1. The highest BCUT2D eigenvalue weighted by Gasteiger charge is 2.34. The summed E-state index contributed by atoms with van der Waals surface area (Å²) < 4.78 is 41.0. The van der Waals surface area contributed by atoms with Gasteiger partial charge in [-0.05, 0) is 31.2 Å². The lowest BCUT2D eigenvalue weighted by molar-refractivity contribution is -0.137. The van der Waals surface area contributed by atoms with E-state index in [4.69, 9.17) is 23.2 Å². The van der Waals surface area contributed by atoms with E-state index in [1.54, 1.807) is 13.0 Å². The van der Waals surface area contributed by atoms with E-state index in [0.717, 1.165) is 10.7 Å². The lowest BCUT2D eigenvalue weighted by atomic mass is 10.1. The predicted octanol–water partition coefficient (Wildman–Crippen LogP) is 5.76. The largest absolute Gasteiger partial charge is 0.418 e. The Kier molecular flexibility index (Phi) is 5.17. The van der Waals surface area contributed by atoms with E-state index >= 15 is 0 Å². The molecule has 0 fully saturated rings. The Morgan fingerprint density at radius 1 is 1.11 bits per heavy atom. The lowest BCUT2D eigenvalue weighted by Gasteiger charge is -2.15. The summed E-state index contributed by atoms with van der Waals surface area (Å²) in [5, 5.41) is 6.87. The monoisotopic (exact) mass is 413 g/mol. The second kappa shape index (κ2) is 7.25. The van der Waals surface area contributed by atoms with Crippen molar-refractivity contribution < 1.29 is 18.0 Å². The van der Waals surface area contributed by atoms with Gasteiger partial charge in [0.15, 0.2) is 0 Å². The second-order valence-corrected chi connectivity index (χ2v) is 6.44. The quantitative estimate of drug-likeness (QED) is 0.593. The Morgan fingerprint density at radius 2 is 1.81 bits per heavy atom. The normalized spacial score (nSPS) is 11.5. The molecule has 1 amide bonds. The number of para-hydroxylation sites is 1. The van der Waals surface area contributed by atoms with Crippen molar-refractivity contribution in [1.82, 2.24) is 9.78 Å². The number of carbonyl (C=O) groups is 1. The molecule has 3 rings (SSSR count). The summed E-state index contributed by atoms with van der Waals surface area (Å²) in [6, 6.07) is 11.0. The third kappa shape index (κ3) is 3.94. The van der Waals surface area contributed by atoms with Crippen molar-refractivity contribution in [3.05, 3.63) is 75.4 Å². The topological polar surface area (TPSA) is 46.9 Å². The van der Waals surface area contributed by atoms with E-state index < -0.39 is 17.6 Å². The molecule has 2 aromatic carbocycles. The second-order valence-electron chi connectivity index (χ2n) is 5.65. The van der Waals surface area contributed by atoms with E-state index in [9.17, 15) is 18.0 Å². The highest BCUT2D eigenvalue weighted by Crippen LogP contribution is 2.35. The van der Waals surface area contributed by atoms with E-state index in [1.165, 1.54) is 36.4 Å². The van der Waals surface area contributed by atoms with Crippen LogP contribution in [0.2, 0.25) is 10.0 Å². The first-order valence-corrected chi connectivity index (χ1v) is 8.42. The molecule has 0 atom stereocenters. The van der Waals surface area contributed by atoms with Crippen LogP contribution in [-0.2, 0) is 6.18 Å². The minimum Gasteiger partial charge on any atom is -0.306 e. The number of carbonyl (C=O) groups excluding carboxylic acids is 1. The average molecular weight is 414 g/mol. The SMILES string of the molecule is Cc1cc(NC(=O)c2cccc(Cl)c2Cl)n(-c2ccccc2C(F)(F)F)n1. The summed E-state index contributed by atoms with van der Waals surface area (Å²) in [7, 11) is 0. The maximum Gasteiger partial charge on any atom is 0.418 e. The van der Waals surface area contributed by atoms with Gasteiger partial charge in [-0.3, -0.25) is 4.79 Å². The van der Waals surface area contributed by atoms with Crippen LogP contribution in [0.25, 0.3) is 5.69 Å². The molecular weight excluding hydrogens is 402 g/mol. The molecule has 0 aliphatic rings. The van der Waals surface area contributed by atoms with Gasteiger partial charge in [0.2, 0.25) is 0 Å². The van der Waals surface area contributed by atoms with Crippen LogP contribution in [-0.4, -0.2) is 15.7 Å². The van der Waals surface area contributed by atoms with E-state index in [2.05, 4.69) is 10.4 Å². The molecule has 1 N–H and O–H groups in total. The summed E-state index contributed by atoms with van der Waals surface area (Å²) in [6.45, 7) is 1.61. The molecule has 0 saturated carbocycles. The zero-order valence-corrected chi connectivity index (χ0v) is 15.3. The molecule has 0 bridgehead atoms. The minimum atomic E-state index is -4.58. The average Bonchev–Trinajstić information content (AvgIpc) is 2.96. The fourth-order valence-corrected chi connectivity index (χ4v) is 2.92. The van der Waals surface area contributed by atoms with Gasteiger partial charge in [-0.15, -0.1) is 0 Å². The highest BCUT2D eigenvalue weighted by atomic mass is 35.5. The van der Waals surface area contributed by atoms with E-state index in [1.807, 2.05) is 0 Å². The first-order valence-electron chi connectivity index (χ1n) is 7.67. The van der Waals surface area contributed by atoms with Crippen LogP contribution in [0.5, 0.6) is 0 Å². The molecule has 0 radical (unpaired) electrons. The van der Waals surface area contributed by atoms with Crippen LogP contribution in [0.15, 0.2) is 48.5 Å². The van der Waals surface area contributed by atoms with Crippen LogP contribution in [0.1, 0.15) is 21.6 Å². The lowest BCUT2D eigenvalue weighted by Crippen LogP contribution is -2.17. The molecule has 0 aliphatic carbocycles. The molecule has 9 heteroatoms. The zero-order chi connectivity index (χ0) is 19.8. The van der Waals surface area contributed by atoms with Crippen LogP contribution >= 0.6 is 23.2 Å². The fraction of sp³-hybridized carbons (Fsp3) is 0.111. The van der Waals surface area contributed by atoms with Crippen molar-refractivity contribution in [1.29, 1.82) is 0 Å². The Morgan fingerprint density at radius 3 is 2.52 bits per heavy atom. The van der Waals surface area contributed by atoms with E-state index in [-0.39, 0.29) is 27.1 Å². The number of hydrogen-bond donors (Lipinski definition) is 1. The van der Waals surface area contributed by atoms with Gasteiger partial charge < -0.3 is 5.32 Å². The van der Waals surface area contributed by atoms with Gasteiger partial charge in [0.05, 0.1) is 32.6 Å². The van der Waals surface area contributed by atoms with Crippen LogP contribution in [0, 0.1) is 6.92 Å². The molecule has 140 valence electrons. The highest BCUT2D eigenvalue weighted by molar-refractivity contribution is 6.44. The number of benzene rings is 2. The van der Waals surface area contributed by atoms with Gasteiger partial charge in [0, 0.05) is 6.07 Å². The molecular formula is C18H12Cl2F3N3O. The van der Waals surface area contributed by atoms with Crippen molar-refractivity contribution in [3.8, 4) is 5.69 Å². The summed E-state index contributed by atoms with van der Waals surface area (Å²) in [4.78, 5) is 12.5. The number of nitrogens with one attached hydrogen (secondary N) is 1. The Balaban J connectivity index is 2.04. The van der Waals surface area contributed by atoms with Crippen molar-refractivity contribution in [2.45, 2.75) is 13.1 Å². The van der Waals surface area contributed by atoms with Crippen molar-refractivity contribution >= 4 is 34.9 Å². The van der Waals surface area contributed by atoms with Gasteiger partial charge in [-0.25, -0.2) is 4.68 Å². The summed E-state index contributed by atoms with van der Waals surface area (Å²) in [6.07, 6.45) is -4.58. The van der Waals surface area contributed by atoms with Crippen molar-refractivity contribution in [3.63, 3.8) is 0 Å². The summed E-state index contributed by atoms with van der Waals surface area (Å²) >= 11 is 11.9. The third-order valence-corrected chi connectivity index (χ3v) is 4.53. The standard InChI is InChI=1S/C18H12Cl2F3N3O/c1-10-9-15(24-17(27)11-5-4-7-13(19)16(11)20)26(25-10)14-8-3-2-6-12(14)18(21,22)23/h2-9H,1H3,(H,24,27). The van der Waals surface area contributed by atoms with Crippen molar-refractivity contribution in [2.75, 3.05) is 5.32 Å². The number of alkyl halides is 3. The molecule has 3 aromatic rings. The summed E-state index contributed by atoms with van der Waals surface area (Å²) in [5.74, 6) is -0.543. The van der Waals surface area contributed by atoms with Crippen molar-refractivity contribution in [2.24, 2.45) is 0 Å². The molecule has 0 aliphatic heterocycles. The number of halogens is 5. The molecule has 1 aromatic heterocycles. The van der Waals surface area contributed by atoms with Crippen LogP contribution in [0.4, 0.5) is 19.0 Å². The number of hydrogen-bond acceptors (Lipinski definition) is 2. The Bertz CT molecular complexity index is 1020. The van der Waals surface area contributed by atoms with Crippen LogP contribution in [0.3, 0.4) is 0 Å². The van der Waals surface area contributed by atoms with E-state index in [0.29, 0.717) is 5.69 Å². The maximum atomic E-state index is 13.3. The first-order chi connectivity index (χ1) is 12.7. The molecule has 27 heavy (non-hydrogen) atoms. The number of aryl methyl sites for hydroxylation is 1. The summed E-state index contributed by atoms with van der Waals surface area (Å²) in [5.41, 5.74) is -0.548. The number of rotatable bonds is 3. The predicted molar refractivity (Wildman–Crippen MR) is 97.7 cm³/mol. The van der Waals surface area contributed by atoms with Gasteiger partial charge in [-0.1, -0.05) is 41.4 Å². The fourth-order valence-electron chi connectivity index (χ4n) is 2.53.